The second-order valence-corrected chi connectivity index (χ2v) is 4.88. The van der Waals surface area contributed by atoms with Crippen LogP contribution in [0.3, 0.4) is 0 Å². The number of hydrogen-bond acceptors (Lipinski definition) is 2. The van der Waals surface area contributed by atoms with Gasteiger partial charge < -0.3 is 0 Å². The van der Waals surface area contributed by atoms with Gasteiger partial charge in [0.2, 0.25) is 0 Å². The Bertz CT molecular complexity index is 521. The lowest BCUT2D eigenvalue weighted by atomic mass is 10.1. The molecule has 2 rings (SSSR count). The summed E-state index contributed by atoms with van der Waals surface area (Å²) in [7, 11) is 0. The van der Waals surface area contributed by atoms with Gasteiger partial charge in [-0.05, 0) is 44.5 Å². The van der Waals surface area contributed by atoms with Crippen LogP contribution >= 0.6 is 0 Å². The van der Waals surface area contributed by atoms with Crippen LogP contribution in [0.4, 0.5) is 0 Å². The van der Waals surface area contributed by atoms with Crippen molar-refractivity contribution in [3.05, 3.63) is 42.1 Å². The SMILES string of the molecule is CC(C)(C)N=Cc1ccc2ncccc2c1. The summed E-state index contributed by atoms with van der Waals surface area (Å²) in [5.41, 5.74) is 2.12. The molecule has 0 aliphatic rings. The summed E-state index contributed by atoms with van der Waals surface area (Å²) >= 11 is 0. The number of aliphatic imine (C=N–C) groups is 1. The number of aromatic nitrogens is 1. The van der Waals surface area contributed by atoms with Crippen LogP contribution in [0.2, 0.25) is 0 Å². The first-order chi connectivity index (χ1) is 7.54. The third kappa shape index (κ3) is 2.66. The van der Waals surface area contributed by atoms with E-state index in [2.05, 4.69) is 42.9 Å². The summed E-state index contributed by atoms with van der Waals surface area (Å²) in [4.78, 5) is 8.77. The van der Waals surface area contributed by atoms with Crippen molar-refractivity contribution in [3.8, 4) is 0 Å². The third-order valence-electron chi connectivity index (χ3n) is 2.23. The van der Waals surface area contributed by atoms with Gasteiger partial charge in [-0.2, -0.15) is 0 Å². The number of nitrogens with zero attached hydrogens (tertiary/aromatic N) is 2. The Balaban J connectivity index is 2.37. The molecule has 16 heavy (non-hydrogen) atoms. The monoisotopic (exact) mass is 212 g/mol. The molecular weight excluding hydrogens is 196 g/mol. The lowest BCUT2D eigenvalue weighted by Gasteiger charge is -2.10. The predicted molar refractivity (Wildman–Crippen MR) is 69.1 cm³/mol. The van der Waals surface area contributed by atoms with Crippen LogP contribution in [0.1, 0.15) is 26.3 Å². The molecule has 1 aromatic carbocycles. The van der Waals surface area contributed by atoms with Gasteiger partial charge in [0.05, 0.1) is 11.1 Å². The molecule has 2 heteroatoms. The lowest BCUT2D eigenvalue weighted by Crippen LogP contribution is -2.09. The number of pyridine rings is 1. The van der Waals surface area contributed by atoms with Gasteiger partial charge in [-0.15, -0.1) is 0 Å². The fraction of sp³-hybridized carbons (Fsp3) is 0.286. The quantitative estimate of drug-likeness (QED) is 0.665. The Morgan fingerprint density at radius 3 is 2.75 bits per heavy atom. The summed E-state index contributed by atoms with van der Waals surface area (Å²) in [5, 5.41) is 1.15. The smallest absolute Gasteiger partial charge is 0.0702 e. The van der Waals surface area contributed by atoms with Crippen LogP contribution in [-0.4, -0.2) is 16.7 Å². The molecule has 2 aromatic rings. The Hall–Kier alpha value is -1.70. The summed E-state index contributed by atoms with van der Waals surface area (Å²) in [5.74, 6) is 0. The van der Waals surface area contributed by atoms with E-state index < -0.39 is 0 Å². The molecular formula is C14H16N2. The minimum Gasteiger partial charge on any atom is -0.287 e. The van der Waals surface area contributed by atoms with E-state index >= 15 is 0 Å². The van der Waals surface area contributed by atoms with Gasteiger partial charge in [0.25, 0.3) is 0 Å². The van der Waals surface area contributed by atoms with E-state index in [0.29, 0.717) is 0 Å². The molecule has 0 atom stereocenters. The maximum atomic E-state index is 4.49. The Morgan fingerprint density at radius 1 is 1.19 bits per heavy atom. The maximum Gasteiger partial charge on any atom is 0.0702 e. The molecule has 0 unspecified atom stereocenters. The fourth-order valence-corrected chi connectivity index (χ4v) is 1.44. The number of fused-ring (bicyclic) bond motifs is 1. The van der Waals surface area contributed by atoms with Crippen molar-refractivity contribution < 1.29 is 0 Å². The van der Waals surface area contributed by atoms with Crippen LogP contribution in [0.25, 0.3) is 10.9 Å². The van der Waals surface area contributed by atoms with Gasteiger partial charge in [-0.1, -0.05) is 12.1 Å². The normalized spacial score (nSPS) is 12.4. The zero-order valence-electron chi connectivity index (χ0n) is 9.94. The van der Waals surface area contributed by atoms with Gasteiger partial charge >= 0.3 is 0 Å². The van der Waals surface area contributed by atoms with Crippen molar-refractivity contribution >= 4 is 17.1 Å². The Kier molecular flexibility index (Phi) is 2.73. The van der Waals surface area contributed by atoms with Crippen molar-refractivity contribution in [1.82, 2.24) is 4.98 Å². The van der Waals surface area contributed by atoms with Crippen LogP contribution in [0, 0.1) is 0 Å². The molecule has 0 radical (unpaired) electrons. The molecule has 0 aliphatic heterocycles. The second kappa shape index (κ2) is 4.05. The van der Waals surface area contributed by atoms with Crippen LogP contribution in [-0.2, 0) is 0 Å². The zero-order chi connectivity index (χ0) is 11.6. The summed E-state index contributed by atoms with van der Waals surface area (Å²) in [6, 6.07) is 10.2. The number of benzene rings is 1. The van der Waals surface area contributed by atoms with Crippen molar-refractivity contribution in [2.45, 2.75) is 26.3 Å². The van der Waals surface area contributed by atoms with E-state index in [9.17, 15) is 0 Å². The number of rotatable bonds is 1. The summed E-state index contributed by atoms with van der Waals surface area (Å²) in [6.07, 6.45) is 3.73. The molecule has 1 aromatic heterocycles. The van der Waals surface area contributed by atoms with Gasteiger partial charge in [-0.3, -0.25) is 9.98 Å². The molecule has 0 fully saturated rings. The van der Waals surface area contributed by atoms with Crippen molar-refractivity contribution in [2.24, 2.45) is 4.99 Å². The van der Waals surface area contributed by atoms with Gasteiger partial charge in [0, 0.05) is 17.8 Å². The van der Waals surface area contributed by atoms with Crippen LogP contribution in [0.5, 0.6) is 0 Å². The highest BCUT2D eigenvalue weighted by molar-refractivity contribution is 5.88. The molecule has 0 spiro atoms. The van der Waals surface area contributed by atoms with Gasteiger partial charge in [-0.25, -0.2) is 0 Å². The summed E-state index contributed by atoms with van der Waals surface area (Å²) < 4.78 is 0. The molecule has 0 amide bonds. The summed E-state index contributed by atoms with van der Waals surface area (Å²) in [6.45, 7) is 6.27. The van der Waals surface area contributed by atoms with E-state index in [1.807, 2.05) is 30.6 Å². The average Bonchev–Trinajstić information content (AvgIpc) is 2.25. The highest BCUT2D eigenvalue weighted by atomic mass is 14.8. The van der Waals surface area contributed by atoms with Crippen LogP contribution < -0.4 is 0 Å². The molecule has 0 saturated carbocycles. The standard InChI is InChI=1S/C14H16N2/c1-14(2,3)16-10-11-6-7-13-12(9-11)5-4-8-15-13/h4-10H,1-3H3. The molecule has 0 saturated heterocycles. The Labute approximate surface area is 96.1 Å². The van der Waals surface area contributed by atoms with E-state index in [1.54, 1.807) is 0 Å². The van der Waals surface area contributed by atoms with Gasteiger partial charge in [0.15, 0.2) is 0 Å². The van der Waals surface area contributed by atoms with Crippen molar-refractivity contribution in [3.63, 3.8) is 0 Å². The van der Waals surface area contributed by atoms with Crippen molar-refractivity contribution in [2.75, 3.05) is 0 Å². The third-order valence-corrected chi connectivity index (χ3v) is 2.23. The molecule has 1 heterocycles. The highest BCUT2D eigenvalue weighted by Gasteiger charge is 2.04. The van der Waals surface area contributed by atoms with E-state index in [4.69, 9.17) is 0 Å². The Morgan fingerprint density at radius 2 is 2.00 bits per heavy atom. The van der Waals surface area contributed by atoms with Crippen LogP contribution in [0.15, 0.2) is 41.5 Å². The first kappa shape index (κ1) is 10.8. The average molecular weight is 212 g/mol. The second-order valence-electron chi connectivity index (χ2n) is 4.88. The highest BCUT2D eigenvalue weighted by Crippen LogP contribution is 2.13. The molecule has 0 aliphatic carbocycles. The van der Waals surface area contributed by atoms with E-state index in [-0.39, 0.29) is 5.54 Å². The molecule has 0 N–H and O–H groups in total. The lowest BCUT2D eigenvalue weighted by molar-refractivity contribution is 0.586. The zero-order valence-corrected chi connectivity index (χ0v) is 9.94. The minimum atomic E-state index is -0.0239. The molecule has 2 nitrogen and oxygen atoms in total. The largest absolute Gasteiger partial charge is 0.287 e. The molecule has 82 valence electrons. The predicted octanol–water partition coefficient (Wildman–Crippen LogP) is 3.45. The van der Waals surface area contributed by atoms with E-state index in [1.165, 1.54) is 0 Å². The van der Waals surface area contributed by atoms with E-state index in [0.717, 1.165) is 16.5 Å². The number of hydrogen-bond donors (Lipinski definition) is 0. The molecule has 0 bridgehead atoms. The topological polar surface area (TPSA) is 25.2 Å². The fourth-order valence-electron chi connectivity index (χ4n) is 1.44. The minimum absolute atomic E-state index is 0.0239. The first-order valence-electron chi connectivity index (χ1n) is 5.45. The van der Waals surface area contributed by atoms with Gasteiger partial charge in [0.1, 0.15) is 0 Å². The van der Waals surface area contributed by atoms with Crippen molar-refractivity contribution in [1.29, 1.82) is 0 Å². The maximum absolute atomic E-state index is 4.49. The first-order valence-corrected chi connectivity index (χ1v) is 5.45.